The first-order valence-electron chi connectivity index (χ1n) is 4.69. The first-order chi connectivity index (χ1) is 7.69. The van der Waals surface area contributed by atoms with Gasteiger partial charge in [-0.2, -0.15) is 0 Å². The average molecular weight is 224 g/mol. The Kier molecular flexibility index (Phi) is 4.53. The Balaban J connectivity index is 2.58. The second-order valence-corrected chi connectivity index (χ2v) is 3.26. The zero-order valence-electron chi connectivity index (χ0n) is 8.45. The van der Waals surface area contributed by atoms with E-state index in [0.29, 0.717) is 17.5 Å². The molecule has 1 aromatic rings. The van der Waals surface area contributed by atoms with E-state index in [1.54, 1.807) is 0 Å². The summed E-state index contributed by atoms with van der Waals surface area (Å²) in [5.41, 5.74) is 8.80. The summed E-state index contributed by atoms with van der Waals surface area (Å²) in [6.45, 7) is 0.111. The molecule has 1 aromatic heterocycles. The van der Waals surface area contributed by atoms with E-state index in [1.807, 2.05) is 0 Å². The number of azide groups is 1. The van der Waals surface area contributed by atoms with E-state index in [9.17, 15) is 15.0 Å². The highest BCUT2D eigenvalue weighted by molar-refractivity contribution is 5.72. The quantitative estimate of drug-likeness (QED) is 0.288. The fourth-order valence-corrected chi connectivity index (χ4v) is 1.28. The summed E-state index contributed by atoms with van der Waals surface area (Å²) in [6, 6.07) is 1.45. The van der Waals surface area contributed by atoms with Gasteiger partial charge in [0.15, 0.2) is 6.29 Å². The molecule has 16 heavy (non-hydrogen) atoms. The number of aromatic nitrogens is 1. The molecule has 1 heterocycles. The maximum atomic E-state index is 10.4. The van der Waals surface area contributed by atoms with Gasteiger partial charge < -0.3 is 15.2 Å². The van der Waals surface area contributed by atoms with Crippen molar-refractivity contribution in [3.8, 4) is 0 Å². The number of H-pyrrole nitrogens is 1. The average Bonchev–Trinajstić information content (AvgIpc) is 2.76. The van der Waals surface area contributed by atoms with Crippen LogP contribution in [0.1, 0.15) is 28.6 Å². The molecule has 2 unspecified atom stereocenters. The first kappa shape index (κ1) is 12.3. The highest BCUT2D eigenvalue weighted by Crippen LogP contribution is 2.19. The number of rotatable bonds is 6. The highest BCUT2D eigenvalue weighted by Gasteiger charge is 2.18. The second-order valence-electron chi connectivity index (χ2n) is 3.26. The minimum Gasteiger partial charge on any atom is -0.390 e. The molecule has 0 aromatic carbocycles. The first-order valence-corrected chi connectivity index (χ1v) is 4.69. The number of hydrogen-bond acceptors (Lipinski definition) is 4. The van der Waals surface area contributed by atoms with Gasteiger partial charge in [-0.05, 0) is 18.0 Å². The summed E-state index contributed by atoms with van der Waals surface area (Å²) >= 11 is 0. The van der Waals surface area contributed by atoms with Gasteiger partial charge in [-0.25, -0.2) is 0 Å². The van der Waals surface area contributed by atoms with Gasteiger partial charge in [0.05, 0.1) is 11.8 Å². The number of nitrogens with zero attached hydrogens (tertiary/aromatic N) is 3. The van der Waals surface area contributed by atoms with Gasteiger partial charge >= 0.3 is 0 Å². The van der Waals surface area contributed by atoms with E-state index in [0.717, 1.165) is 0 Å². The molecule has 7 heteroatoms. The molecule has 0 aliphatic rings. The zero-order chi connectivity index (χ0) is 12.0. The largest absolute Gasteiger partial charge is 0.390 e. The summed E-state index contributed by atoms with van der Waals surface area (Å²) in [6.07, 6.45) is 0.0975. The SMILES string of the molecule is [N-]=[N+]=NCCC(O)C(O)c1c[nH]c(C=O)c1. The van der Waals surface area contributed by atoms with Crippen LogP contribution < -0.4 is 0 Å². The molecule has 3 N–H and O–H groups in total. The monoisotopic (exact) mass is 224 g/mol. The molecule has 0 spiro atoms. The molecule has 0 aliphatic heterocycles. The molecule has 0 radical (unpaired) electrons. The fraction of sp³-hybridized carbons (Fsp3) is 0.444. The van der Waals surface area contributed by atoms with Crippen molar-refractivity contribution in [2.24, 2.45) is 5.11 Å². The third kappa shape index (κ3) is 3.09. The van der Waals surface area contributed by atoms with E-state index in [2.05, 4.69) is 15.0 Å². The van der Waals surface area contributed by atoms with Gasteiger partial charge in [-0.1, -0.05) is 5.11 Å². The Morgan fingerprint density at radius 2 is 2.38 bits per heavy atom. The third-order valence-corrected chi connectivity index (χ3v) is 2.15. The van der Waals surface area contributed by atoms with Crippen molar-refractivity contribution >= 4 is 6.29 Å². The number of aromatic amines is 1. The van der Waals surface area contributed by atoms with Gasteiger partial charge in [0.2, 0.25) is 0 Å². The Hall–Kier alpha value is -1.82. The number of aliphatic hydroxyl groups excluding tert-OH is 2. The molecule has 0 saturated heterocycles. The zero-order valence-corrected chi connectivity index (χ0v) is 8.45. The van der Waals surface area contributed by atoms with Crippen molar-refractivity contribution < 1.29 is 15.0 Å². The number of hydrogen-bond donors (Lipinski definition) is 3. The van der Waals surface area contributed by atoms with Crippen LogP contribution in [-0.2, 0) is 0 Å². The van der Waals surface area contributed by atoms with Crippen LogP contribution in [0.4, 0.5) is 0 Å². The lowest BCUT2D eigenvalue weighted by Crippen LogP contribution is -2.18. The van der Waals surface area contributed by atoms with Crippen LogP contribution >= 0.6 is 0 Å². The molecule has 0 saturated carbocycles. The Morgan fingerprint density at radius 1 is 1.62 bits per heavy atom. The number of aliphatic hydroxyl groups is 2. The molecule has 0 fully saturated rings. The van der Waals surface area contributed by atoms with Crippen LogP contribution in [0.3, 0.4) is 0 Å². The van der Waals surface area contributed by atoms with Crippen LogP contribution in [0.5, 0.6) is 0 Å². The summed E-state index contributed by atoms with van der Waals surface area (Å²) in [7, 11) is 0. The van der Waals surface area contributed by atoms with Gasteiger partial charge in [-0.15, -0.1) is 0 Å². The van der Waals surface area contributed by atoms with Gasteiger partial charge in [0, 0.05) is 23.2 Å². The third-order valence-electron chi connectivity index (χ3n) is 2.15. The molecule has 0 amide bonds. The molecule has 0 bridgehead atoms. The molecular weight excluding hydrogens is 212 g/mol. The predicted octanol–water partition coefficient (Wildman–Crippen LogP) is 0.922. The van der Waals surface area contributed by atoms with Crippen LogP contribution in [0, 0.1) is 0 Å². The summed E-state index contributed by atoms with van der Waals surface area (Å²) < 4.78 is 0. The normalized spacial score (nSPS) is 13.9. The molecular formula is C9H12N4O3. The lowest BCUT2D eigenvalue weighted by atomic mass is 10.1. The summed E-state index contributed by atoms with van der Waals surface area (Å²) in [4.78, 5) is 15.6. The predicted molar refractivity (Wildman–Crippen MR) is 55.8 cm³/mol. The van der Waals surface area contributed by atoms with E-state index in [1.165, 1.54) is 12.3 Å². The van der Waals surface area contributed by atoms with Crippen molar-refractivity contribution in [1.82, 2.24) is 4.98 Å². The fourth-order valence-electron chi connectivity index (χ4n) is 1.28. The van der Waals surface area contributed by atoms with Gasteiger partial charge in [0.1, 0.15) is 6.10 Å². The van der Waals surface area contributed by atoms with Crippen LogP contribution in [0.2, 0.25) is 0 Å². The highest BCUT2D eigenvalue weighted by atomic mass is 16.3. The maximum absolute atomic E-state index is 10.4. The minimum atomic E-state index is -1.10. The lowest BCUT2D eigenvalue weighted by molar-refractivity contribution is 0.0151. The van der Waals surface area contributed by atoms with Crippen molar-refractivity contribution in [3.05, 3.63) is 34.0 Å². The molecule has 7 nitrogen and oxygen atoms in total. The minimum absolute atomic E-state index is 0.111. The lowest BCUT2D eigenvalue weighted by Gasteiger charge is -2.15. The van der Waals surface area contributed by atoms with Gasteiger partial charge in [0.25, 0.3) is 0 Å². The standard InChI is InChI=1S/C9H12N4O3/c10-13-12-2-1-8(15)9(16)6-3-7(5-14)11-4-6/h3-5,8-9,11,15-16H,1-2H2. The molecule has 86 valence electrons. The number of carbonyl (C=O) groups is 1. The summed E-state index contributed by atoms with van der Waals surface area (Å²) in [5, 5.41) is 22.5. The molecule has 1 rings (SSSR count). The van der Waals surface area contributed by atoms with Crippen molar-refractivity contribution in [2.45, 2.75) is 18.6 Å². The smallest absolute Gasteiger partial charge is 0.166 e. The second kappa shape index (κ2) is 5.92. The van der Waals surface area contributed by atoms with Gasteiger partial charge in [-0.3, -0.25) is 4.79 Å². The van der Waals surface area contributed by atoms with E-state index in [4.69, 9.17) is 5.53 Å². The van der Waals surface area contributed by atoms with Crippen LogP contribution in [0.25, 0.3) is 10.4 Å². The van der Waals surface area contributed by atoms with Crippen LogP contribution in [0.15, 0.2) is 17.4 Å². The Bertz CT molecular complexity index is 397. The number of aldehydes is 1. The molecule has 2 atom stereocenters. The Labute approximate surface area is 91.3 Å². The van der Waals surface area contributed by atoms with E-state index in [-0.39, 0.29) is 13.0 Å². The van der Waals surface area contributed by atoms with Crippen molar-refractivity contribution in [1.29, 1.82) is 0 Å². The van der Waals surface area contributed by atoms with Crippen molar-refractivity contribution in [2.75, 3.05) is 6.54 Å². The Morgan fingerprint density at radius 3 is 2.94 bits per heavy atom. The van der Waals surface area contributed by atoms with E-state index < -0.39 is 12.2 Å². The maximum Gasteiger partial charge on any atom is 0.166 e. The van der Waals surface area contributed by atoms with Crippen LogP contribution in [-0.4, -0.2) is 34.1 Å². The molecule has 0 aliphatic carbocycles. The topological polar surface area (TPSA) is 122 Å². The summed E-state index contributed by atoms with van der Waals surface area (Å²) in [5.74, 6) is 0. The number of carbonyl (C=O) groups excluding carboxylic acids is 1. The van der Waals surface area contributed by atoms with E-state index >= 15 is 0 Å². The van der Waals surface area contributed by atoms with Crippen molar-refractivity contribution in [3.63, 3.8) is 0 Å². The number of nitrogens with one attached hydrogen (secondary N) is 1.